The molecule has 5 heteroatoms. The molecule has 2 aromatic carbocycles. The molecule has 0 radical (unpaired) electrons. The number of hydrogen-bond acceptors (Lipinski definition) is 3. The van der Waals surface area contributed by atoms with E-state index >= 15 is 0 Å². The van der Waals surface area contributed by atoms with Crippen molar-refractivity contribution < 1.29 is 4.79 Å². The summed E-state index contributed by atoms with van der Waals surface area (Å²) in [6.07, 6.45) is 1.66. The largest absolute Gasteiger partial charge is 0.366 e. The van der Waals surface area contributed by atoms with Gasteiger partial charge in [-0.25, -0.2) is 4.98 Å². The second-order valence-electron chi connectivity index (χ2n) is 6.89. The fourth-order valence-corrected chi connectivity index (χ4v) is 3.13. The number of halogens is 1. The van der Waals surface area contributed by atoms with Crippen molar-refractivity contribution in [3.8, 4) is 0 Å². The van der Waals surface area contributed by atoms with Gasteiger partial charge in [0.05, 0.1) is 0 Å². The summed E-state index contributed by atoms with van der Waals surface area (Å²) < 4.78 is 0. The molecule has 1 aromatic heterocycles. The Kier molecular flexibility index (Phi) is 6.66. The highest BCUT2D eigenvalue weighted by atomic mass is 35.5. The van der Waals surface area contributed by atoms with E-state index in [2.05, 4.69) is 10.3 Å². The van der Waals surface area contributed by atoms with E-state index in [1.807, 2.05) is 73.3 Å². The van der Waals surface area contributed by atoms with Crippen molar-refractivity contribution in [3.63, 3.8) is 0 Å². The number of benzene rings is 2. The van der Waals surface area contributed by atoms with Crippen LogP contribution in [0.15, 0.2) is 72.9 Å². The molecule has 144 valence electrons. The van der Waals surface area contributed by atoms with Gasteiger partial charge in [-0.05, 0) is 43.2 Å². The summed E-state index contributed by atoms with van der Waals surface area (Å²) in [5, 5.41) is 3.95. The van der Waals surface area contributed by atoms with Crippen molar-refractivity contribution in [2.45, 2.75) is 33.0 Å². The quantitative estimate of drug-likeness (QED) is 0.584. The van der Waals surface area contributed by atoms with E-state index in [0.717, 1.165) is 11.1 Å². The third-order valence-corrected chi connectivity index (χ3v) is 4.87. The van der Waals surface area contributed by atoms with E-state index in [0.29, 0.717) is 29.5 Å². The van der Waals surface area contributed by atoms with Crippen LogP contribution in [-0.2, 0) is 13.1 Å². The first kappa shape index (κ1) is 19.9. The molecular formula is C23H24ClN3O. The molecule has 0 bridgehead atoms. The van der Waals surface area contributed by atoms with Crippen molar-refractivity contribution >= 4 is 23.3 Å². The Labute approximate surface area is 171 Å². The second-order valence-corrected chi connectivity index (χ2v) is 7.29. The normalized spacial score (nSPS) is 10.7. The van der Waals surface area contributed by atoms with E-state index in [1.54, 1.807) is 18.3 Å². The number of carbonyl (C=O) groups excluding carboxylic acids is 1. The molecule has 0 saturated heterocycles. The van der Waals surface area contributed by atoms with Gasteiger partial charge in [-0.3, -0.25) is 4.79 Å². The number of carbonyl (C=O) groups is 1. The maximum Gasteiger partial charge on any atom is 0.254 e. The molecular weight excluding hydrogens is 370 g/mol. The van der Waals surface area contributed by atoms with E-state index < -0.39 is 0 Å². The van der Waals surface area contributed by atoms with Gasteiger partial charge < -0.3 is 10.2 Å². The predicted molar refractivity (Wildman–Crippen MR) is 114 cm³/mol. The lowest BCUT2D eigenvalue weighted by molar-refractivity contribution is 0.0690. The van der Waals surface area contributed by atoms with Crippen molar-refractivity contribution in [1.82, 2.24) is 9.88 Å². The first-order valence-corrected chi connectivity index (χ1v) is 9.70. The highest BCUT2D eigenvalue weighted by Gasteiger charge is 2.19. The minimum absolute atomic E-state index is 0.0120. The van der Waals surface area contributed by atoms with Crippen LogP contribution in [0.2, 0.25) is 5.02 Å². The van der Waals surface area contributed by atoms with Crippen LogP contribution in [0.3, 0.4) is 0 Å². The number of amides is 1. The molecule has 0 atom stereocenters. The molecule has 0 fully saturated rings. The molecule has 28 heavy (non-hydrogen) atoms. The summed E-state index contributed by atoms with van der Waals surface area (Å²) in [4.78, 5) is 19.3. The van der Waals surface area contributed by atoms with Gasteiger partial charge in [0, 0.05) is 35.9 Å². The standard InChI is InChI=1S/C23H24ClN3O/c1-17(2)27(16-18-8-4-3-5-9-18)23(28)19-12-13-25-22(14-19)26-15-20-10-6-7-11-21(20)24/h3-14,17H,15-16H2,1-2H3,(H,25,26). The number of aromatic nitrogens is 1. The summed E-state index contributed by atoms with van der Waals surface area (Å²) in [5.41, 5.74) is 2.70. The number of nitrogens with zero attached hydrogens (tertiary/aromatic N) is 2. The number of anilines is 1. The van der Waals surface area contributed by atoms with Crippen LogP contribution in [0, 0.1) is 0 Å². The monoisotopic (exact) mass is 393 g/mol. The lowest BCUT2D eigenvalue weighted by Gasteiger charge is -2.27. The number of nitrogens with one attached hydrogen (secondary N) is 1. The van der Waals surface area contributed by atoms with Crippen LogP contribution in [0.25, 0.3) is 0 Å². The van der Waals surface area contributed by atoms with Gasteiger partial charge in [-0.2, -0.15) is 0 Å². The predicted octanol–water partition coefficient (Wildman–Crippen LogP) is 5.40. The molecule has 0 saturated carbocycles. The minimum Gasteiger partial charge on any atom is -0.366 e. The summed E-state index contributed by atoms with van der Waals surface area (Å²) in [6.45, 7) is 5.17. The summed E-state index contributed by atoms with van der Waals surface area (Å²) in [5.74, 6) is 0.635. The van der Waals surface area contributed by atoms with Crippen LogP contribution in [0.1, 0.15) is 35.3 Å². The average molecular weight is 394 g/mol. The number of pyridine rings is 1. The Hall–Kier alpha value is -2.85. The maximum atomic E-state index is 13.1. The van der Waals surface area contributed by atoms with Gasteiger partial charge in [0.2, 0.25) is 0 Å². The van der Waals surface area contributed by atoms with Crippen LogP contribution in [-0.4, -0.2) is 21.8 Å². The SMILES string of the molecule is CC(C)N(Cc1ccccc1)C(=O)c1ccnc(NCc2ccccc2Cl)c1. The molecule has 0 unspecified atom stereocenters. The van der Waals surface area contributed by atoms with Gasteiger partial charge in [-0.1, -0.05) is 60.1 Å². The third-order valence-electron chi connectivity index (χ3n) is 4.50. The summed E-state index contributed by atoms with van der Waals surface area (Å²) in [6, 6.07) is 21.3. The third kappa shape index (κ3) is 5.11. The highest BCUT2D eigenvalue weighted by Crippen LogP contribution is 2.18. The molecule has 3 rings (SSSR count). The molecule has 4 nitrogen and oxygen atoms in total. The fraction of sp³-hybridized carbons (Fsp3) is 0.217. The van der Waals surface area contributed by atoms with Crippen LogP contribution >= 0.6 is 11.6 Å². The van der Waals surface area contributed by atoms with Crippen LogP contribution in [0.5, 0.6) is 0 Å². The van der Waals surface area contributed by atoms with Gasteiger partial charge in [0.1, 0.15) is 5.82 Å². The van der Waals surface area contributed by atoms with Gasteiger partial charge in [0.15, 0.2) is 0 Å². The molecule has 0 aliphatic rings. The Bertz CT molecular complexity index is 928. The van der Waals surface area contributed by atoms with Gasteiger partial charge in [-0.15, -0.1) is 0 Å². The molecule has 1 amide bonds. The van der Waals surface area contributed by atoms with Crippen molar-refractivity contribution in [3.05, 3.63) is 94.6 Å². The Morgan fingerprint density at radius 2 is 1.79 bits per heavy atom. The summed E-state index contributed by atoms with van der Waals surface area (Å²) >= 11 is 6.20. The zero-order chi connectivity index (χ0) is 19.9. The number of hydrogen-bond donors (Lipinski definition) is 1. The van der Waals surface area contributed by atoms with Crippen LogP contribution < -0.4 is 5.32 Å². The average Bonchev–Trinajstić information content (AvgIpc) is 2.72. The summed E-state index contributed by atoms with van der Waals surface area (Å²) in [7, 11) is 0. The van der Waals surface area contributed by atoms with Gasteiger partial charge in [0.25, 0.3) is 5.91 Å². The molecule has 0 spiro atoms. The molecule has 3 aromatic rings. The van der Waals surface area contributed by atoms with E-state index in [4.69, 9.17) is 11.6 Å². The van der Waals surface area contributed by atoms with E-state index in [9.17, 15) is 4.79 Å². The fourth-order valence-electron chi connectivity index (χ4n) is 2.92. The molecule has 0 aliphatic heterocycles. The minimum atomic E-state index is -0.0120. The Morgan fingerprint density at radius 3 is 2.50 bits per heavy atom. The highest BCUT2D eigenvalue weighted by molar-refractivity contribution is 6.31. The Morgan fingerprint density at radius 1 is 1.07 bits per heavy atom. The van der Waals surface area contributed by atoms with E-state index in [1.165, 1.54) is 0 Å². The second kappa shape index (κ2) is 9.38. The Balaban J connectivity index is 1.73. The van der Waals surface area contributed by atoms with Gasteiger partial charge >= 0.3 is 0 Å². The smallest absolute Gasteiger partial charge is 0.254 e. The molecule has 1 N–H and O–H groups in total. The lowest BCUT2D eigenvalue weighted by atomic mass is 10.1. The zero-order valence-corrected chi connectivity index (χ0v) is 16.9. The number of rotatable bonds is 7. The zero-order valence-electron chi connectivity index (χ0n) is 16.1. The van der Waals surface area contributed by atoms with Crippen LogP contribution in [0.4, 0.5) is 5.82 Å². The van der Waals surface area contributed by atoms with E-state index in [-0.39, 0.29) is 11.9 Å². The first-order valence-electron chi connectivity index (χ1n) is 9.33. The van der Waals surface area contributed by atoms with Crippen molar-refractivity contribution in [1.29, 1.82) is 0 Å². The lowest BCUT2D eigenvalue weighted by Crippen LogP contribution is -2.36. The first-order chi connectivity index (χ1) is 13.5. The van der Waals surface area contributed by atoms with Crippen molar-refractivity contribution in [2.75, 3.05) is 5.32 Å². The molecule has 1 heterocycles. The maximum absolute atomic E-state index is 13.1. The van der Waals surface area contributed by atoms with Crippen molar-refractivity contribution in [2.24, 2.45) is 0 Å². The molecule has 0 aliphatic carbocycles. The topological polar surface area (TPSA) is 45.2 Å².